The molecule has 0 amide bonds. The molecular weight excluding hydrogens is 315 g/mol. The van der Waals surface area contributed by atoms with Gasteiger partial charge in [0, 0.05) is 12.1 Å². The lowest BCUT2D eigenvalue weighted by Crippen LogP contribution is -3.00. The third-order valence-corrected chi connectivity index (χ3v) is 2.06. The maximum atomic E-state index is 5.70. The van der Waals surface area contributed by atoms with E-state index >= 15 is 0 Å². The highest BCUT2D eigenvalue weighted by atomic mass is 127. The maximum absolute atomic E-state index is 5.70. The van der Waals surface area contributed by atoms with E-state index in [9.17, 15) is 0 Å². The number of halogens is 1. The summed E-state index contributed by atoms with van der Waals surface area (Å²) in [5.74, 6) is 1.68. The summed E-state index contributed by atoms with van der Waals surface area (Å²) in [6.07, 6.45) is 7.82. The first-order valence-electron chi connectivity index (χ1n) is 4.82. The van der Waals surface area contributed by atoms with Crippen LogP contribution in [0.1, 0.15) is 0 Å². The Bertz CT molecular complexity index is 431. The molecule has 0 spiro atoms. The second kappa shape index (κ2) is 5.79. The Morgan fingerprint density at radius 3 is 1.69 bits per heavy atom. The number of nitrogens with zero attached hydrogens (tertiary/aromatic N) is 2. The predicted molar refractivity (Wildman–Crippen MR) is 55.3 cm³/mol. The Labute approximate surface area is 112 Å². The molecule has 0 aliphatic carbocycles. The van der Waals surface area contributed by atoms with E-state index in [1.807, 2.05) is 72.3 Å². The van der Waals surface area contributed by atoms with Gasteiger partial charge in [-0.1, -0.05) is 0 Å². The molecule has 16 heavy (non-hydrogen) atoms. The summed E-state index contributed by atoms with van der Waals surface area (Å²) in [4.78, 5) is 0. The van der Waals surface area contributed by atoms with E-state index in [0.29, 0.717) is 0 Å². The Morgan fingerprint density at radius 1 is 0.875 bits per heavy atom. The monoisotopic (exact) mass is 329 g/mol. The van der Waals surface area contributed by atoms with Crippen LogP contribution in [0.4, 0.5) is 0 Å². The van der Waals surface area contributed by atoms with E-state index in [1.54, 1.807) is 0 Å². The molecule has 84 valence electrons. The standard InChI is InChI=1S/C12H14N2O.HI/c1-13-7-3-5-11(9-13)15-12-6-4-8-14(2)10-12;/h3-10H,1-2H3;1H/q+2;/p-1. The second-order valence-corrected chi connectivity index (χ2v) is 3.51. The lowest BCUT2D eigenvalue weighted by atomic mass is 10.4. The van der Waals surface area contributed by atoms with Crippen LogP contribution in [-0.2, 0) is 14.1 Å². The third-order valence-electron chi connectivity index (χ3n) is 2.06. The molecule has 2 rings (SSSR count). The largest absolute Gasteiger partial charge is 1.00 e. The Kier molecular flexibility index (Phi) is 4.67. The van der Waals surface area contributed by atoms with Crippen molar-refractivity contribution in [3.8, 4) is 11.5 Å². The van der Waals surface area contributed by atoms with Gasteiger partial charge in [0.2, 0.25) is 12.4 Å². The minimum absolute atomic E-state index is 0. The highest BCUT2D eigenvalue weighted by Gasteiger charge is 2.03. The molecule has 0 radical (unpaired) electrons. The average molecular weight is 329 g/mol. The molecule has 0 atom stereocenters. The minimum atomic E-state index is 0. The Hall–Kier alpha value is -1.17. The zero-order chi connectivity index (χ0) is 10.7. The van der Waals surface area contributed by atoms with Gasteiger partial charge in [-0.15, -0.1) is 0 Å². The van der Waals surface area contributed by atoms with Gasteiger partial charge in [0.05, 0.1) is 0 Å². The van der Waals surface area contributed by atoms with Crippen molar-refractivity contribution in [2.45, 2.75) is 0 Å². The summed E-state index contributed by atoms with van der Waals surface area (Å²) in [6, 6.07) is 7.79. The molecule has 0 fully saturated rings. The van der Waals surface area contributed by atoms with Gasteiger partial charge in [-0.05, 0) is 12.1 Å². The van der Waals surface area contributed by atoms with E-state index in [4.69, 9.17) is 4.74 Å². The number of aromatic nitrogens is 2. The van der Waals surface area contributed by atoms with Gasteiger partial charge in [-0.2, -0.15) is 0 Å². The summed E-state index contributed by atoms with van der Waals surface area (Å²) in [7, 11) is 3.94. The van der Waals surface area contributed by atoms with Gasteiger partial charge in [0.15, 0.2) is 23.9 Å². The van der Waals surface area contributed by atoms with Gasteiger partial charge >= 0.3 is 0 Å². The number of ether oxygens (including phenoxy) is 1. The van der Waals surface area contributed by atoms with Crippen LogP contribution in [-0.4, -0.2) is 0 Å². The Morgan fingerprint density at radius 2 is 1.31 bits per heavy atom. The van der Waals surface area contributed by atoms with Crippen LogP contribution in [0.5, 0.6) is 11.5 Å². The van der Waals surface area contributed by atoms with Crippen LogP contribution < -0.4 is 37.8 Å². The molecule has 0 unspecified atom stereocenters. The summed E-state index contributed by atoms with van der Waals surface area (Å²) in [6.45, 7) is 0. The molecule has 0 saturated carbocycles. The van der Waals surface area contributed by atoms with Gasteiger partial charge in [0.1, 0.15) is 14.1 Å². The smallest absolute Gasteiger partial charge is 0.211 e. The van der Waals surface area contributed by atoms with Crippen molar-refractivity contribution in [3.05, 3.63) is 49.1 Å². The predicted octanol–water partition coefficient (Wildman–Crippen LogP) is -1.87. The Balaban J connectivity index is 0.00000128. The van der Waals surface area contributed by atoms with E-state index < -0.39 is 0 Å². The summed E-state index contributed by atoms with van der Waals surface area (Å²) >= 11 is 0. The maximum Gasteiger partial charge on any atom is 0.211 e. The molecular formula is C12H14IN2O+. The SMILES string of the molecule is C[n+]1cccc(Oc2ccc[n+](C)c2)c1.[I-]. The van der Waals surface area contributed by atoms with Gasteiger partial charge in [-0.3, -0.25) is 0 Å². The average Bonchev–Trinajstić information content (AvgIpc) is 2.17. The van der Waals surface area contributed by atoms with Crippen molar-refractivity contribution >= 4 is 0 Å². The number of pyridine rings is 2. The van der Waals surface area contributed by atoms with Gasteiger partial charge in [0.25, 0.3) is 0 Å². The first kappa shape index (κ1) is 12.9. The molecule has 3 nitrogen and oxygen atoms in total. The normalized spacial score (nSPS) is 9.38. The molecule has 0 N–H and O–H groups in total. The van der Waals surface area contributed by atoms with Crippen molar-refractivity contribution in [1.29, 1.82) is 0 Å². The summed E-state index contributed by atoms with van der Waals surface area (Å²) in [5.41, 5.74) is 0. The van der Waals surface area contributed by atoms with Crippen LogP contribution in [0.3, 0.4) is 0 Å². The molecule has 4 heteroatoms. The van der Waals surface area contributed by atoms with Crippen LogP contribution in [0.15, 0.2) is 49.1 Å². The highest BCUT2D eigenvalue weighted by molar-refractivity contribution is 5.23. The van der Waals surface area contributed by atoms with Crippen LogP contribution in [0.2, 0.25) is 0 Å². The number of aryl methyl sites for hydroxylation is 2. The quantitative estimate of drug-likeness (QED) is 0.466. The molecule has 0 aliphatic rings. The molecule has 2 aromatic rings. The molecule has 0 bridgehead atoms. The van der Waals surface area contributed by atoms with Gasteiger partial charge < -0.3 is 28.7 Å². The lowest BCUT2D eigenvalue weighted by molar-refractivity contribution is -0.672. The van der Waals surface area contributed by atoms with Crippen molar-refractivity contribution in [2.24, 2.45) is 14.1 Å². The fourth-order valence-corrected chi connectivity index (χ4v) is 1.38. The van der Waals surface area contributed by atoms with Crippen molar-refractivity contribution in [2.75, 3.05) is 0 Å². The van der Waals surface area contributed by atoms with Crippen molar-refractivity contribution in [3.63, 3.8) is 0 Å². The first-order chi connectivity index (χ1) is 7.24. The fraction of sp³-hybridized carbons (Fsp3) is 0.167. The molecule has 0 aromatic carbocycles. The van der Waals surface area contributed by atoms with Crippen LogP contribution >= 0.6 is 0 Å². The third kappa shape index (κ3) is 3.44. The number of rotatable bonds is 2. The van der Waals surface area contributed by atoms with Crippen molar-refractivity contribution < 1.29 is 37.8 Å². The number of hydrogen-bond donors (Lipinski definition) is 0. The zero-order valence-corrected chi connectivity index (χ0v) is 11.5. The van der Waals surface area contributed by atoms with Crippen LogP contribution in [0, 0.1) is 0 Å². The molecule has 2 aromatic heterocycles. The summed E-state index contributed by atoms with van der Waals surface area (Å²) in [5, 5.41) is 0. The van der Waals surface area contributed by atoms with E-state index in [2.05, 4.69) is 0 Å². The minimum Gasteiger partial charge on any atom is -1.00 e. The topological polar surface area (TPSA) is 17.0 Å². The van der Waals surface area contributed by atoms with Gasteiger partial charge in [-0.25, -0.2) is 9.13 Å². The van der Waals surface area contributed by atoms with E-state index in [-0.39, 0.29) is 24.0 Å². The molecule has 0 aliphatic heterocycles. The van der Waals surface area contributed by atoms with E-state index in [1.165, 1.54) is 0 Å². The molecule has 0 saturated heterocycles. The fourth-order valence-electron chi connectivity index (χ4n) is 1.38. The first-order valence-corrected chi connectivity index (χ1v) is 4.82. The number of hydrogen-bond acceptors (Lipinski definition) is 1. The lowest BCUT2D eigenvalue weighted by Gasteiger charge is -2.01. The highest BCUT2D eigenvalue weighted by Crippen LogP contribution is 2.16. The van der Waals surface area contributed by atoms with E-state index in [0.717, 1.165) is 11.5 Å². The molecule has 2 heterocycles. The van der Waals surface area contributed by atoms with Crippen LogP contribution in [0.25, 0.3) is 0 Å². The zero-order valence-electron chi connectivity index (χ0n) is 9.30. The summed E-state index contributed by atoms with van der Waals surface area (Å²) < 4.78 is 9.61. The second-order valence-electron chi connectivity index (χ2n) is 3.51. The van der Waals surface area contributed by atoms with Crippen molar-refractivity contribution in [1.82, 2.24) is 0 Å².